The highest BCUT2D eigenvalue weighted by molar-refractivity contribution is 7.93. The van der Waals surface area contributed by atoms with Crippen molar-refractivity contribution in [3.63, 3.8) is 0 Å². The summed E-state index contributed by atoms with van der Waals surface area (Å²) in [6, 6.07) is 0. The Labute approximate surface area is 114 Å². The number of allylic oxidation sites excluding steroid dienone is 3. The lowest BCUT2D eigenvalue weighted by molar-refractivity contribution is 0.324. The number of hydrogen-bond acceptors (Lipinski definition) is 5. The Morgan fingerprint density at radius 3 is 2.61 bits per heavy atom. The Morgan fingerprint density at radius 2 is 2.17 bits per heavy atom. The Balaban J connectivity index is 2.79. The lowest BCUT2D eigenvalue weighted by Crippen LogP contribution is -2.51. The first-order valence-corrected chi connectivity index (χ1v) is 7.59. The van der Waals surface area contributed by atoms with E-state index < -0.39 is 10.0 Å². The third-order valence-electron chi connectivity index (χ3n) is 2.49. The van der Waals surface area contributed by atoms with Crippen molar-refractivity contribution < 1.29 is 8.42 Å². The van der Waals surface area contributed by atoms with Crippen molar-refractivity contribution in [1.29, 1.82) is 0 Å². The average molecular weight is 289 g/mol. The molecule has 0 saturated carbocycles. The second-order valence-electron chi connectivity index (χ2n) is 3.90. The Hall–Kier alpha value is -0.920. The topological polar surface area (TPSA) is 75.4 Å². The number of likely N-dealkylation sites (N-methyl/N-ethyl adjacent to an activating group) is 1. The van der Waals surface area contributed by atoms with Gasteiger partial charge in [-0.3, -0.25) is 0 Å². The van der Waals surface area contributed by atoms with E-state index >= 15 is 0 Å². The summed E-state index contributed by atoms with van der Waals surface area (Å²) in [5.74, 6) is 0. The lowest BCUT2D eigenvalue weighted by atomic mass is 10.3. The molecule has 0 amide bonds. The minimum atomic E-state index is -3.54. The van der Waals surface area contributed by atoms with Crippen molar-refractivity contribution >= 4 is 22.7 Å². The molecule has 0 atom stereocenters. The molecule has 1 heterocycles. The molecule has 1 aliphatic rings. The van der Waals surface area contributed by atoms with E-state index in [0.717, 1.165) is 12.2 Å². The quantitative estimate of drug-likeness (QED) is 0.489. The van der Waals surface area contributed by atoms with Crippen molar-refractivity contribution in [2.24, 2.45) is 5.73 Å². The normalized spacial score (nSPS) is 19.4. The maximum atomic E-state index is 11.9. The van der Waals surface area contributed by atoms with Gasteiger partial charge < -0.3 is 11.1 Å². The molecule has 3 N–H and O–H groups in total. The van der Waals surface area contributed by atoms with Gasteiger partial charge >= 0.3 is 0 Å². The highest BCUT2D eigenvalue weighted by Crippen LogP contribution is 2.20. The van der Waals surface area contributed by atoms with Gasteiger partial charge in [0.15, 0.2) is 0 Å². The van der Waals surface area contributed by atoms with Gasteiger partial charge in [0.05, 0.1) is 0 Å². The zero-order valence-electron chi connectivity index (χ0n) is 10.3. The maximum Gasteiger partial charge on any atom is 0.258 e. The summed E-state index contributed by atoms with van der Waals surface area (Å²) in [5.41, 5.74) is 6.33. The predicted molar refractivity (Wildman–Crippen MR) is 77.5 cm³/mol. The summed E-state index contributed by atoms with van der Waals surface area (Å²) in [6.07, 6.45) is 4.58. The van der Waals surface area contributed by atoms with Gasteiger partial charge in [0.1, 0.15) is 5.03 Å². The molecule has 0 spiro atoms. The summed E-state index contributed by atoms with van der Waals surface area (Å²) < 4.78 is 25.2. The van der Waals surface area contributed by atoms with Crippen LogP contribution in [0.15, 0.2) is 35.5 Å². The molecule has 0 aromatic heterocycles. The third kappa shape index (κ3) is 3.54. The molecule has 7 heteroatoms. The van der Waals surface area contributed by atoms with Crippen LogP contribution in [0.3, 0.4) is 0 Å². The van der Waals surface area contributed by atoms with Gasteiger partial charge in [0.25, 0.3) is 10.0 Å². The molecule has 1 saturated heterocycles. The smallest absolute Gasteiger partial charge is 0.258 e. The highest BCUT2D eigenvalue weighted by Gasteiger charge is 2.35. The largest absolute Gasteiger partial charge is 0.388 e. The van der Waals surface area contributed by atoms with E-state index in [2.05, 4.69) is 24.5 Å². The Kier molecular flexibility index (Phi) is 5.30. The molecule has 1 fully saturated rings. The molecule has 0 bridgehead atoms. The van der Waals surface area contributed by atoms with Gasteiger partial charge in [-0.25, -0.2) is 8.42 Å². The summed E-state index contributed by atoms with van der Waals surface area (Å²) in [7, 11) is -3.54. The van der Waals surface area contributed by atoms with Gasteiger partial charge in [-0.15, -0.1) is 0 Å². The van der Waals surface area contributed by atoms with E-state index in [1.807, 2.05) is 6.92 Å². The summed E-state index contributed by atoms with van der Waals surface area (Å²) in [5, 5.41) is 2.96. The number of nitrogens with two attached hydrogens (primary N) is 1. The standard InChI is InChI=1S/C11H19N3O2S2/c1-3-9(13-4-2)5-6-11(12)18(15,16)14-7-10(17)8-14/h3,5-6,10,13,17H,1,4,7-8,12H2,2H3/b9-5+,11-6+. The monoisotopic (exact) mass is 289 g/mol. The van der Waals surface area contributed by atoms with Crippen LogP contribution >= 0.6 is 12.6 Å². The SMILES string of the molecule is C=C/C(=C\C=C(/N)S(=O)(=O)N1CC(S)C1)NCC. The van der Waals surface area contributed by atoms with Crippen LogP contribution in [0.25, 0.3) is 0 Å². The van der Waals surface area contributed by atoms with Crippen LogP contribution in [-0.2, 0) is 10.0 Å². The van der Waals surface area contributed by atoms with Gasteiger partial charge in [-0.1, -0.05) is 6.58 Å². The fourth-order valence-corrected chi connectivity index (χ4v) is 3.33. The number of sulfonamides is 1. The zero-order chi connectivity index (χ0) is 13.8. The fraction of sp³-hybridized carbons (Fsp3) is 0.455. The maximum absolute atomic E-state index is 11.9. The van der Waals surface area contributed by atoms with E-state index in [1.54, 1.807) is 12.2 Å². The molecule has 18 heavy (non-hydrogen) atoms. The van der Waals surface area contributed by atoms with Crippen LogP contribution < -0.4 is 11.1 Å². The van der Waals surface area contributed by atoms with Crippen molar-refractivity contribution in [1.82, 2.24) is 9.62 Å². The van der Waals surface area contributed by atoms with Crippen LogP contribution in [0.4, 0.5) is 0 Å². The number of nitrogens with one attached hydrogen (secondary N) is 1. The van der Waals surface area contributed by atoms with Crippen LogP contribution in [0.1, 0.15) is 6.92 Å². The molecule has 0 unspecified atom stereocenters. The second kappa shape index (κ2) is 6.31. The van der Waals surface area contributed by atoms with E-state index in [1.165, 1.54) is 10.4 Å². The first-order chi connectivity index (χ1) is 8.41. The first-order valence-electron chi connectivity index (χ1n) is 5.63. The molecule has 0 aromatic carbocycles. The molecule has 1 rings (SSSR count). The van der Waals surface area contributed by atoms with E-state index in [-0.39, 0.29) is 10.3 Å². The Bertz CT molecular complexity index is 463. The molecule has 0 aromatic rings. The van der Waals surface area contributed by atoms with Gasteiger partial charge in [0, 0.05) is 30.6 Å². The molecule has 0 radical (unpaired) electrons. The van der Waals surface area contributed by atoms with Crippen molar-refractivity contribution in [2.75, 3.05) is 19.6 Å². The van der Waals surface area contributed by atoms with Crippen molar-refractivity contribution in [2.45, 2.75) is 12.2 Å². The van der Waals surface area contributed by atoms with E-state index in [0.29, 0.717) is 13.1 Å². The van der Waals surface area contributed by atoms with Crippen molar-refractivity contribution in [3.8, 4) is 0 Å². The number of rotatable bonds is 6. The van der Waals surface area contributed by atoms with Crippen molar-refractivity contribution in [3.05, 3.63) is 35.5 Å². The summed E-state index contributed by atoms with van der Waals surface area (Å²) in [4.78, 5) is 0. The third-order valence-corrected chi connectivity index (χ3v) is 4.53. The second-order valence-corrected chi connectivity index (χ2v) is 6.57. The van der Waals surface area contributed by atoms with Gasteiger partial charge in [-0.2, -0.15) is 16.9 Å². The van der Waals surface area contributed by atoms with Crippen LogP contribution in [0.5, 0.6) is 0 Å². The van der Waals surface area contributed by atoms with Crippen LogP contribution in [0.2, 0.25) is 0 Å². The van der Waals surface area contributed by atoms with Crippen LogP contribution in [-0.4, -0.2) is 37.6 Å². The summed E-state index contributed by atoms with van der Waals surface area (Å²) in [6.45, 7) is 7.10. The molecular formula is C11H19N3O2S2. The van der Waals surface area contributed by atoms with E-state index in [4.69, 9.17) is 5.73 Å². The molecular weight excluding hydrogens is 270 g/mol. The predicted octanol–water partition coefficient (Wildman–Crippen LogP) is 0.410. The molecule has 5 nitrogen and oxygen atoms in total. The zero-order valence-corrected chi connectivity index (χ0v) is 12.0. The summed E-state index contributed by atoms with van der Waals surface area (Å²) >= 11 is 4.17. The number of nitrogens with zero attached hydrogens (tertiary/aromatic N) is 1. The first kappa shape index (κ1) is 15.1. The molecule has 0 aliphatic carbocycles. The minimum absolute atomic E-state index is 0.105. The fourth-order valence-electron chi connectivity index (χ4n) is 1.42. The molecule has 1 aliphatic heterocycles. The number of hydrogen-bond donors (Lipinski definition) is 3. The van der Waals surface area contributed by atoms with Gasteiger partial charge in [-0.05, 0) is 25.2 Å². The molecule has 102 valence electrons. The Morgan fingerprint density at radius 1 is 1.56 bits per heavy atom. The minimum Gasteiger partial charge on any atom is -0.388 e. The van der Waals surface area contributed by atoms with Gasteiger partial charge in [0.2, 0.25) is 0 Å². The highest BCUT2D eigenvalue weighted by atomic mass is 32.2. The lowest BCUT2D eigenvalue weighted by Gasteiger charge is -2.34. The van der Waals surface area contributed by atoms with E-state index in [9.17, 15) is 8.42 Å². The van der Waals surface area contributed by atoms with Crippen LogP contribution in [0, 0.1) is 0 Å². The number of thiol groups is 1. The average Bonchev–Trinajstić information content (AvgIpc) is 2.29.